The van der Waals surface area contributed by atoms with Crippen LogP contribution in [0.3, 0.4) is 0 Å². The van der Waals surface area contributed by atoms with E-state index < -0.39 is 6.10 Å². The first-order valence-electron chi connectivity index (χ1n) is 4.16. The lowest BCUT2D eigenvalue weighted by Gasteiger charge is -2.05. The zero-order valence-electron chi connectivity index (χ0n) is 7.86. The number of aliphatic hydroxyl groups is 1. The van der Waals surface area contributed by atoms with Crippen molar-refractivity contribution < 1.29 is 14.9 Å². The largest absolute Gasteiger partial charge is 0.389 e. The summed E-state index contributed by atoms with van der Waals surface area (Å²) in [6.07, 6.45) is -0.419. The molecule has 1 N–H and O–H groups in total. The molecular weight excluding hydrogens is 168 g/mol. The van der Waals surface area contributed by atoms with Gasteiger partial charge in [-0.05, 0) is 18.1 Å². The van der Waals surface area contributed by atoms with E-state index in [0.717, 1.165) is 11.1 Å². The minimum atomic E-state index is -0.419. The van der Waals surface area contributed by atoms with Crippen LogP contribution in [-0.4, -0.2) is 12.2 Å². The zero-order chi connectivity index (χ0) is 9.68. The molecule has 0 spiro atoms. The Morgan fingerprint density at radius 2 is 1.92 bits per heavy atom. The third-order valence-electron chi connectivity index (χ3n) is 1.81. The third kappa shape index (κ3) is 3.14. The van der Waals surface area contributed by atoms with Crippen molar-refractivity contribution in [3.05, 3.63) is 35.4 Å². The molecule has 1 rings (SSSR count). The molecule has 0 saturated heterocycles. The molecule has 0 bridgehead atoms. The highest BCUT2D eigenvalue weighted by Crippen LogP contribution is 2.12. The minimum absolute atomic E-state index is 0.419. The molecule has 0 radical (unpaired) electrons. The number of hydrogen-bond donors (Lipinski definition) is 1. The smallest absolute Gasteiger partial charge is 0.107 e. The monoisotopic (exact) mass is 182 g/mol. The van der Waals surface area contributed by atoms with Gasteiger partial charge in [0.2, 0.25) is 0 Å². The van der Waals surface area contributed by atoms with Gasteiger partial charge in [0, 0.05) is 0 Å². The second kappa shape index (κ2) is 4.97. The molecule has 0 aliphatic rings. The Hall–Kier alpha value is -0.900. The van der Waals surface area contributed by atoms with Gasteiger partial charge in [0.05, 0.1) is 13.2 Å². The fraction of sp³-hybridized carbons (Fsp3) is 0.400. The number of benzene rings is 1. The molecule has 3 heteroatoms. The lowest BCUT2D eigenvalue weighted by Crippen LogP contribution is -1.94. The van der Waals surface area contributed by atoms with Gasteiger partial charge < -0.3 is 5.11 Å². The molecule has 1 unspecified atom stereocenters. The minimum Gasteiger partial charge on any atom is -0.389 e. The van der Waals surface area contributed by atoms with E-state index in [2.05, 4.69) is 4.89 Å². The highest BCUT2D eigenvalue weighted by Gasteiger charge is 1.99. The fourth-order valence-electron chi connectivity index (χ4n) is 1.02. The molecule has 0 fully saturated rings. The van der Waals surface area contributed by atoms with Gasteiger partial charge in [-0.2, -0.15) is 0 Å². The van der Waals surface area contributed by atoms with E-state index in [0.29, 0.717) is 6.61 Å². The first-order valence-corrected chi connectivity index (χ1v) is 4.16. The van der Waals surface area contributed by atoms with Crippen molar-refractivity contribution >= 4 is 0 Å². The van der Waals surface area contributed by atoms with Gasteiger partial charge >= 0.3 is 0 Å². The van der Waals surface area contributed by atoms with Crippen LogP contribution in [0.4, 0.5) is 0 Å². The van der Waals surface area contributed by atoms with Gasteiger partial charge in [-0.1, -0.05) is 24.3 Å². The second-order valence-electron chi connectivity index (χ2n) is 2.85. The highest BCUT2D eigenvalue weighted by molar-refractivity contribution is 5.23. The van der Waals surface area contributed by atoms with Crippen LogP contribution in [0.5, 0.6) is 0 Å². The van der Waals surface area contributed by atoms with Crippen LogP contribution >= 0.6 is 0 Å². The molecule has 1 aromatic rings. The first-order chi connectivity index (χ1) is 6.24. The summed E-state index contributed by atoms with van der Waals surface area (Å²) in [5.41, 5.74) is 1.92. The Balaban J connectivity index is 2.59. The van der Waals surface area contributed by atoms with E-state index in [-0.39, 0.29) is 0 Å². The van der Waals surface area contributed by atoms with Gasteiger partial charge in [0.25, 0.3) is 0 Å². The van der Waals surface area contributed by atoms with Gasteiger partial charge in [-0.15, -0.1) is 0 Å². The molecule has 3 nitrogen and oxygen atoms in total. The molecular formula is C10H14O3. The average molecular weight is 182 g/mol. The van der Waals surface area contributed by atoms with Crippen LogP contribution in [0, 0.1) is 0 Å². The lowest BCUT2D eigenvalue weighted by molar-refractivity contribution is -0.282. The second-order valence-corrected chi connectivity index (χ2v) is 2.85. The summed E-state index contributed by atoms with van der Waals surface area (Å²) in [4.78, 5) is 9.23. The average Bonchev–Trinajstić information content (AvgIpc) is 2.15. The van der Waals surface area contributed by atoms with Crippen LogP contribution in [0.1, 0.15) is 24.2 Å². The van der Waals surface area contributed by atoms with Crippen molar-refractivity contribution in [2.24, 2.45) is 0 Å². The zero-order valence-corrected chi connectivity index (χ0v) is 7.86. The molecule has 0 aliphatic heterocycles. The molecule has 0 amide bonds. The highest BCUT2D eigenvalue weighted by atomic mass is 17.2. The Labute approximate surface area is 77.8 Å². The Bertz CT molecular complexity index is 241. The molecule has 0 heterocycles. The van der Waals surface area contributed by atoms with E-state index in [9.17, 15) is 5.11 Å². The maximum absolute atomic E-state index is 9.23. The SMILES string of the molecule is COOCc1ccc(C(C)O)cc1. The van der Waals surface area contributed by atoms with Gasteiger partial charge in [-0.3, -0.25) is 0 Å². The van der Waals surface area contributed by atoms with Crippen molar-refractivity contribution in [3.63, 3.8) is 0 Å². The number of rotatable bonds is 4. The Morgan fingerprint density at radius 1 is 1.31 bits per heavy atom. The van der Waals surface area contributed by atoms with Gasteiger partial charge in [0.1, 0.15) is 6.61 Å². The Kier molecular flexibility index (Phi) is 3.89. The molecule has 72 valence electrons. The summed E-state index contributed by atoms with van der Waals surface area (Å²) in [6, 6.07) is 7.56. The Morgan fingerprint density at radius 3 is 2.38 bits per heavy atom. The van der Waals surface area contributed by atoms with Gasteiger partial charge in [0.15, 0.2) is 0 Å². The number of hydrogen-bond acceptors (Lipinski definition) is 3. The van der Waals surface area contributed by atoms with Crippen LogP contribution in [0.2, 0.25) is 0 Å². The standard InChI is InChI=1S/C10H14O3/c1-8(11)10-5-3-9(4-6-10)7-13-12-2/h3-6,8,11H,7H2,1-2H3. The number of aliphatic hydroxyl groups excluding tert-OH is 1. The first kappa shape index (κ1) is 10.2. The molecule has 1 aromatic carbocycles. The molecule has 0 aromatic heterocycles. The molecule has 13 heavy (non-hydrogen) atoms. The van der Waals surface area contributed by atoms with Crippen molar-refractivity contribution in [2.45, 2.75) is 19.6 Å². The molecule has 0 aliphatic carbocycles. The summed E-state index contributed by atoms with van der Waals surface area (Å²) in [6.45, 7) is 2.16. The summed E-state index contributed by atoms with van der Waals surface area (Å²) in [5, 5.41) is 9.23. The summed E-state index contributed by atoms with van der Waals surface area (Å²) in [5.74, 6) is 0. The third-order valence-corrected chi connectivity index (χ3v) is 1.81. The van der Waals surface area contributed by atoms with Crippen molar-refractivity contribution in [1.29, 1.82) is 0 Å². The van der Waals surface area contributed by atoms with E-state index in [1.165, 1.54) is 7.11 Å². The summed E-state index contributed by atoms with van der Waals surface area (Å²) >= 11 is 0. The van der Waals surface area contributed by atoms with E-state index in [4.69, 9.17) is 4.89 Å². The van der Waals surface area contributed by atoms with Crippen molar-refractivity contribution in [2.75, 3.05) is 7.11 Å². The molecule has 1 atom stereocenters. The maximum atomic E-state index is 9.23. The predicted octanol–water partition coefficient (Wildman–Crippen LogP) is 1.82. The van der Waals surface area contributed by atoms with Crippen LogP contribution < -0.4 is 0 Å². The maximum Gasteiger partial charge on any atom is 0.107 e. The van der Waals surface area contributed by atoms with Crippen LogP contribution in [-0.2, 0) is 16.4 Å². The van der Waals surface area contributed by atoms with Crippen molar-refractivity contribution in [3.8, 4) is 0 Å². The normalized spacial score (nSPS) is 12.8. The van der Waals surface area contributed by atoms with E-state index >= 15 is 0 Å². The fourth-order valence-corrected chi connectivity index (χ4v) is 1.02. The van der Waals surface area contributed by atoms with Gasteiger partial charge in [-0.25, -0.2) is 9.78 Å². The quantitative estimate of drug-likeness (QED) is 0.570. The lowest BCUT2D eigenvalue weighted by atomic mass is 10.1. The van der Waals surface area contributed by atoms with E-state index in [1.807, 2.05) is 24.3 Å². The van der Waals surface area contributed by atoms with Crippen LogP contribution in [0.25, 0.3) is 0 Å². The molecule has 0 saturated carbocycles. The van der Waals surface area contributed by atoms with Crippen LogP contribution in [0.15, 0.2) is 24.3 Å². The summed E-state index contributed by atoms with van der Waals surface area (Å²) in [7, 11) is 1.48. The predicted molar refractivity (Wildman–Crippen MR) is 48.9 cm³/mol. The topological polar surface area (TPSA) is 38.7 Å². The van der Waals surface area contributed by atoms with E-state index in [1.54, 1.807) is 6.92 Å². The van der Waals surface area contributed by atoms with Crippen molar-refractivity contribution in [1.82, 2.24) is 0 Å². The summed E-state index contributed by atoms with van der Waals surface area (Å²) < 4.78 is 0.